The van der Waals surface area contributed by atoms with E-state index < -0.39 is 0 Å². The molecule has 0 aromatic rings. The molecule has 2 nitrogen and oxygen atoms in total. The number of ether oxygens (including phenoxy) is 1. The van der Waals surface area contributed by atoms with E-state index in [1.54, 1.807) is 0 Å². The van der Waals surface area contributed by atoms with E-state index in [4.69, 9.17) is 0 Å². The first kappa shape index (κ1) is 10.2. The fourth-order valence-electron chi connectivity index (χ4n) is 0.807. The Bertz CT molecular complexity index is 110. The summed E-state index contributed by atoms with van der Waals surface area (Å²) in [6, 6.07) is 0. The molecule has 0 bridgehead atoms. The van der Waals surface area contributed by atoms with Crippen molar-refractivity contribution in [1.29, 1.82) is 0 Å². The van der Waals surface area contributed by atoms with Crippen LogP contribution in [0.25, 0.3) is 0 Å². The second-order valence-electron chi connectivity index (χ2n) is 2.43. The lowest BCUT2D eigenvalue weighted by Gasteiger charge is -2.07. The van der Waals surface area contributed by atoms with Gasteiger partial charge < -0.3 is 4.74 Å². The maximum absolute atomic E-state index is 9.83. The van der Waals surface area contributed by atoms with Crippen LogP contribution in [0.3, 0.4) is 0 Å². The molecule has 63 valence electrons. The molecule has 0 spiro atoms. The van der Waals surface area contributed by atoms with Gasteiger partial charge in [-0.1, -0.05) is 6.08 Å². The average Bonchev–Trinajstić information content (AvgIpc) is 1.99. The molecule has 0 unspecified atom stereocenters. The Balaban J connectivity index is 3.09. The smallest absolute Gasteiger partial charge is 0.293 e. The van der Waals surface area contributed by atoms with Gasteiger partial charge in [-0.25, -0.2) is 0 Å². The van der Waals surface area contributed by atoms with Gasteiger partial charge in [0.05, 0.1) is 0 Å². The highest BCUT2D eigenvalue weighted by Gasteiger charge is 1.99. The lowest BCUT2D eigenvalue weighted by Crippen LogP contribution is -2.06. The number of carbonyl (C=O) groups excluding carboxylic acids is 1. The highest BCUT2D eigenvalue weighted by atomic mass is 16.5. The second kappa shape index (κ2) is 7.32. The molecule has 0 saturated carbocycles. The Morgan fingerprint density at radius 3 is 2.73 bits per heavy atom. The first-order chi connectivity index (χ1) is 5.31. The van der Waals surface area contributed by atoms with Crippen molar-refractivity contribution in [2.45, 2.75) is 31.8 Å². The van der Waals surface area contributed by atoms with E-state index in [-0.39, 0.29) is 6.10 Å². The highest BCUT2D eigenvalue weighted by molar-refractivity contribution is 5.37. The van der Waals surface area contributed by atoms with Crippen LogP contribution in [0.2, 0.25) is 0 Å². The zero-order valence-electron chi connectivity index (χ0n) is 6.79. The van der Waals surface area contributed by atoms with Crippen LogP contribution in [0.5, 0.6) is 0 Å². The Morgan fingerprint density at radius 2 is 2.18 bits per heavy atom. The summed E-state index contributed by atoms with van der Waals surface area (Å²) in [5, 5.41) is 0. The highest BCUT2D eigenvalue weighted by Crippen LogP contribution is 2.05. The third-order valence-corrected chi connectivity index (χ3v) is 1.43. The van der Waals surface area contributed by atoms with Crippen LogP contribution in [0.1, 0.15) is 25.7 Å². The van der Waals surface area contributed by atoms with Gasteiger partial charge in [0.15, 0.2) is 0 Å². The summed E-state index contributed by atoms with van der Waals surface area (Å²) in [5.41, 5.74) is 0. The number of hydrogen-bond acceptors (Lipinski definition) is 2. The molecule has 0 aliphatic carbocycles. The number of carbonyl (C=O) groups is 1. The molecular formula is C9H15O2. The lowest BCUT2D eigenvalue weighted by molar-refractivity contribution is -0.131. The zero-order valence-corrected chi connectivity index (χ0v) is 6.79. The predicted molar refractivity (Wildman–Crippen MR) is 45.0 cm³/mol. The fraction of sp³-hybridized carbons (Fsp3) is 0.556. The molecule has 0 aromatic carbocycles. The summed E-state index contributed by atoms with van der Waals surface area (Å²) in [4.78, 5) is 9.83. The van der Waals surface area contributed by atoms with Crippen molar-refractivity contribution < 1.29 is 9.53 Å². The lowest BCUT2D eigenvalue weighted by atomic mass is 10.1. The summed E-state index contributed by atoms with van der Waals surface area (Å²) >= 11 is 0. The zero-order chi connectivity index (χ0) is 8.53. The molecule has 1 atom stereocenters. The van der Waals surface area contributed by atoms with E-state index in [1.165, 1.54) is 0 Å². The van der Waals surface area contributed by atoms with Gasteiger partial charge in [-0.15, -0.1) is 6.58 Å². The predicted octanol–water partition coefficient (Wildman–Crippen LogP) is 2.11. The van der Waals surface area contributed by atoms with Gasteiger partial charge in [0.25, 0.3) is 6.47 Å². The van der Waals surface area contributed by atoms with E-state index >= 15 is 0 Å². The standard InChI is InChI=1S/C9H15O2/c1-3-4-5-6-7-9(2)11-8-10/h3,8-9H,1-2,4-7H2/t9-/m1/s1. The maximum Gasteiger partial charge on any atom is 0.293 e. The molecule has 0 amide bonds. The van der Waals surface area contributed by atoms with Gasteiger partial charge in [-0.3, -0.25) is 4.79 Å². The van der Waals surface area contributed by atoms with E-state index in [9.17, 15) is 4.79 Å². The monoisotopic (exact) mass is 155 g/mol. The molecule has 11 heavy (non-hydrogen) atoms. The van der Waals surface area contributed by atoms with Crippen molar-refractivity contribution in [3.05, 3.63) is 19.6 Å². The van der Waals surface area contributed by atoms with Gasteiger partial charge in [0, 0.05) is 0 Å². The third-order valence-electron chi connectivity index (χ3n) is 1.43. The number of unbranched alkanes of at least 4 members (excludes halogenated alkanes) is 2. The van der Waals surface area contributed by atoms with Gasteiger partial charge in [0.2, 0.25) is 0 Å². The van der Waals surface area contributed by atoms with Crippen LogP contribution in [0.4, 0.5) is 0 Å². The van der Waals surface area contributed by atoms with Crippen LogP contribution in [-0.4, -0.2) is 12.6 Å². The SMILES string of the molecule is [CH2][C@H](CCCCC=C)OC=O. The maximum atomic E-state index is 9.83. The summed E-state index contributed by atoms with van der Waals surface area (Å²) in [5.74, 6) is 0. The minimum atomic E-state index is -0.183. The van der Waals surface area contributed by atoms with Gasteiger partial charge >= 0.3 is 0 Å². The first-order valence-corrected chi connectivity index (χ1v) is 3.84. The van der Waals surface area contributed by atoms with Crippen LogP contribution in [-0.2, 0) is 9.53 Å². The van der Waals surface area contributed by atoms with Crippen molar-refractivity contribution in [3.8, 4) is 0 Å². The average molecular weight is 155 g/mol. The van der Waals surface area contributed by atoms with E-state index in [2.05, 4.69) is 18.2 Å². The third kappa shape index (κ3) is 7.10. The van der Waals surface area contributed by atoms with E-state index in [0.717, 1.165) is 25.7 Å². The molecule has 0 N–H and O–H groups in total. The number of rotatable bonds is 7. The number of hydrogen-bond donors (Lipinski definition) is 0. The van der Waals surface area contributed by atoms with Crippen LogP contribution >= 0.6 is 0 Å². The number of allylic oxidation sites excluding steroid dienone is 1. The van der Waals surface area contributed by atoms with Crippen molar-refractivity contribution in [2.75, 3.05) is 0 Å². The van der Waals surface area contributed by atoms with Crippen molar-refractivity contribution >= 4 is 6.47 Å². The molecule has 1 radical (unpaired) electrons. The quantitative estimate of drug-likeness (QED) is 0.320. The molecule has 0 fully saturated rings. The van der Waals surface area contributed by atoms with Gasteiger partial charge in [0.1, 0.15) is 6.10 Å². The van der Waals surface area contributed by atoms with E-state index in [0.29, 0.717) is 6.47 Å². The van der Waals surface area contributed by atoms with Crippen LogP contribution in [0.15, 0.2) is 12.7 Å². The second-order valence-corrected chi connectivity index (χ2v) is 2.43. The molecule has 0 aliphatic rings. The fourth-order valence-corrected chi connectivity index (χ4v) is 0.807. The molecule has 0 aliphatic heterocycles. The Labute approximate surface area is 68.2 Å². The van der Waals surface area contributed by atoms with Crippen LogP contribution < -0.4 is 0 Å². The molecule has 0 heterocycles. The molecule has 0 saturated heterocycles. The Kier molecular flexibility index (Phi) is 6.79. The molecule has 0 rings (SSSR count). The summed E-state index contributed by atoms with van der Waals surface area (Å²) in [6.45, 7) is 7.71. The van der Waals surface area contributed by atoms with E-state index in [1.807, 2.05) is 6.08 Å². The summed E-state index contributed by atoms with van der Waals surface area (Å²) < 4.78 is 4.60. The Morgan fingerprint density at radius 1 is 1.45 bits per heavy atom. The van der Waals surface area contributed by atoms with Crippen molar-refractivity contribution in [2.24, 2.45) is 0 Å². The summed E-state index contributed by atoms with van der Waals surface area (Å²) in [7, 11) is 0. The minimum absolute atomic E-state index is 0.183. The van der Waals surface area contributed by atoms with Crippen molar-refractivity contribution in [1.82, 2.24) is 0 Å². The molecule has 2 heteroatoms. The first-order valence-electron chi connectivity index (χ1n) is 3.84. The topological polar surface area (TPSA) is 26.3 Å². The summed E-state index contributed by atoms with van der Waals surface area (Å²) in [6.07, 6.45) is 5.70. The Hall–Kier alpha value is -0.790. The minimum Gasteiger partial charge on any atom is -0.465 e. The van der Waals surface area contributed by atoms with Crippen molar-refractivity contribution in [3.63, 3.8) is 0 Å². The molecular weight excluding hydrogens is 140 g/mol. The van der Waals surface area contributed by atoms with Gasteiger partial charge in [-0.05, 0) is 32.6 Å². The van der Waals surface area contributed by atoms with Crippen LogP contribution in [0, 0.1) is 6.92 Å². The largest absolute Gasteiger partial charge is 0.465 e. The van der Waals surface area contributed by atoms with Gasteiger partial charge in [-0.2, -0.15) is 0 Å². The normalized spacial score (nSPS) is 12.1. The molecule has 0 aromatic heterocycles.